The highest BCUT2D eigenvalue weighted by atomic mass is 35.5. The van der Waals surface area contributed by atoms with Gasteiger partial charge in [0.15, 0.2) is 0 Å². The number of alkyl halides is 1. The predicted molar refractivity (Wildman–Crippen MR) is 89.0 cm³/mol. The highest BCUT2D eigenvalue weighted by Crippen LogP contribution is 2.41. The van der Waals surface area contributed by atoms with Crippen LogP contribution in [-0.2, 0) is 9.63 Å². The van der Waals surface area contributed by atoms with E-state index < -0.39 is 29.0 Å². The summed E-state index contributed by atoms with van der Waals surface area (Å²) in [6.45, 7) is -0.806. The molecular formula is C17H12ClFN2O4. The van der Waals surface area contributed by atoms with E-state index in [1.54, 1.807) is 30.3 Å². The highest BCUT2D eigenvalue weighted by molar-refractivity contribution is 6.36. The normalized spacial score (nSPS) is 20.7. The van der Waals surface area contributed by atoms with Gasteiger partial charge in [-0.05, 0) is 11.6 Å². The Morgan fingerprint density at radius 3 is 2.48 bits per heavy atom. The lowest BCUT2D eigenvalue weighted by Crippen LogP contribution is -2.47. The van der Waals surface area contributed by atoms with Gasteiger partial charge >= 0.3 is 5.97 Å². The topological polar surface area (TPSA) is 81.8 Å². The SMILES string of the molecule is O=C1ON=C(c2ccccc2Cl)C1(F)C(C[N+](=O)[O-])c1ccccc1. The molecule has 0 saturated carbocycles. The monoisotopic (exact) mass is 362 g/mol. The zero-order chi connectivity index (χ0) is 18.0. The Hall–Kier alpha value is -2.80. The fourth-order valence-corrected chi connectivity index (χ4v) is 3.04. The van der Waals surface area contributed by atoms with Gasteiger partial charge in [-0.25, -0.2) is 9.18 Å². The summed E-state index contributed by atoms with van der Waals surface area (Å²) in [4.78, 5) is 27.2. The van der Waals surface area contributed by atoms with Crippen molar-refractivity contribution in [2.24, 2.45) is 5.16 Å². The molecule has 2 unspecified atom stereocenters. The zero-order valence-corrected chi connectivity index (χ0v) is 13.5. The standard InChI is InChI=1S/C17H12ClFN2O4/c18-14-9-5-4-8-12(14)15-17(19,16(22)25-20-15)13(10-21(23)24)11-6-2-1-3-7-11/h1-9,13H,10H2. The van der Waals surface area contributed by atoms with Gasteiger partial charge in [0, 0.05) is 15.5 Å². The first kappa shape index (κ1) is 17.0. The molecule has 2 aromatic carbocycles. The van der Waals surface area contributed by atoms with Crippen molar-refractivity contribution in [2.75, 3.05) is 6.54 Å². The van der Waals surface area contributed by atoms with Crippen molar-refractivity contribution in [2.45, 2.75) is 11.6 Å². The maximum atomic E-state index is 16.0. The molecule has 1 heterocycles. The molecule has 8 heteroatoms. The van der Waals surface area contributed by atoms with Crippen LogP contribution in [0.15, 0.2) is 59.8 Å². The second-order valence-electron chi connectivity index (χ2n) is 5.49. The first-order valence-corrected chi connectivity index (χ1v) is 7.73. The smallest absolute Gasteiger partial charge is 0.314 e. The predicted octanol–water partition coefficient (Wildman–Crippen LogP) is 3.37. The van der Waals surface area contributed by atoms with E-state index >= 15 is 4.39 Å². The Balaban J connectivity index is 2.15. The van der Waals surface area contributed by atoms with Gasteiger partial charge in [0.05, 0.1) is 5.92 Å². The largest absolute Gasteiger partial charge is 0.379 e. The third-order valence-corrected chi connectivity index (χ3v) is 4.33. The van der Waals surface area contributed by atoms with Gasteiger partial charge < -0.3 is 4.84 Å². The number of hydrogen-bond acceptors (Lipinski definition) is 5. The minimum absolute atomic E-state index is 0.154. The summed E-state index contributed by atoms with van der Waals surface area (Å²) in [7, 11) is 0. The van der Waals surface area contributed by atoms with E-state index in [1.165, 1.54) is 24.3 Å². The average molecular weight is 363 g/mol. The Bertz CT molecular complexity index is 859. The summed E-state index contributed by atoms with van der Waals surface area (Å²) in [5.41, 5.74) is -2.74. The maximum Gasteiger partial charge on any atom is 0.379 e. The van der Waals surface area contributed by atoms with Crippen molar-refractivity contribution in [1.29, 1.82) is 0 Å². The molecule has 0 fully saturated rings. The molecule has 0 aliphatic carbocycles. The number of carbonyl (C=O) groups excluding carboxylic acids is 1. The van der Waals surface area contributed by atoms with E-state index in [9.17, 15) is 14.9 Å². The minimum atomic E-state index is -2.82. The van der Waals surface area contributed by atoms with Crippen LogP contribution in [0, 0.1) is 10.1 Å². The Morgan fingerprint density at radius 2 is 1.84 bits per heavy atom. The quantitative estimate of drug-likeness (QED) is 0.464. The van der Waals surface area contributed by atoms with Crippen LogP contribution >= 0.6 is 11.6 Å². The Labute approximate surface area is 147 Å². The molecule has 0 saturated heterocycles. The van der Waals surface area contributed by atoms with Crippen molar-refractivity contribution in [3.8, 4) is 0 Å². The first-order valence-electron chi connectivity index (χ1n) is 7.35. The molecule has 0 amide bonds. The molecule has 0 radical (unpaired) electrons. The van der Waals surface area contributed by atoms with E-state index in [0.29, 0.717) is 5.56 Å². The van der Waals surface area contributed by atoms with E-state index in [-0.39, 0.29) is 16.3 Å². The summed E-state index contributed by atoms with van der Waals surface area (Å²) < 4.78 is 16.0. The average Bonchev–Trinajstić information content (AvgIpc) is 2.90. The zero-order valence-electron chi connectivity index (χ0n) is 12.8. The number of halogens is 2. The molecule has 2 atom stereocenters. The number of nitro groups is 1. The summed E-state index contributed by atoms with van der Waals surface area (Å²) in [5, 5.41) is 14.8. The molecule has 0 N–H and O–H groups in total. The number of carbonyl (C=O) groups is 1. The Morgan fingerprint density at radius 1 is 1.20 bits per heavy atom. The summed E-state index contributed by atoms with van der Waals surface area (Å²) in [5.74, 6) is -2.70. The number of benzene rings is 2. The van der Waals surface area contributed by atoms with Crippen LogP contribution in [-0.4, -0.2) is 28.8 Å². The molecule has 0 spiro atoms. The lowest BCUT2D eigenvalue weighted by molar-refractivity contribution is -0.485. The lowest BCUT2D eigenvalue weighted by Gasteiger charge is -2.25. The second kappa shape index (κ2) is 6.60. The molecule has 6 nitrogen and oxygen atoms in total. The molecular weight excluding hydrogens is 351 g/mol. The molecule has 128 valence electrons. The van der Waals surface area contributed by atoms with Crippen molar-refractivity contribution < 1.29 is 18.9 Å². The van der Waals surface area contributed by atoms with Crippen LogP contribution in [0.3, 0.4) is 0 Å². The van der Waals surface area contributed by atoms with Gasteiger partial charge in [-0.2, -0.15) is 0 Å². The van der Waals surface area contributed by atoms with Gasteiger partial charge in [0.25, 0.3) is 5.67 Å². The van der Waals surface area contributed by atoms with E-state index in [4.69, 9.17) is 11.6 Å². The van der Waals surface area contributed by atoms with Crippen LogP contribution in [0.4, 0.5) is 4.39 Å². The molecule has 25 heavy (non-hydrogen) atoms. The molecule has 3 rings (SSSR count). The lowest BCUT2D eigenvalue weighted by atomic mass is 9.78. The van der Waals surface area contributed by atoms with Crippen molar-refractivity contribution >= 4 is 23.3 Å². The van der Waals surface area contributed by atoms with E-state index in [1.807, 2.05) is 0 Å². The molecule has 0 aromatic heterocycles. The summed E-state index contributed by atoms with van der Waals surface area (Å²) >= 11 is 6.09. The van der Waals surface area contributed by atoms with Crippen LogP contribution in [0.25, 0.3) is 0 Å². The molecule has 1 aliphatic rings. The van der Waals surface area contributed by atoms with Gasteiger partial charge in [-0.1, -0.05) is 65.3 Å². The fraction of sp³-hybridized carbons (Fsp3) is 0.176. The van der Waals surface area contributed by atoms with Gasteiger partial charge in [-0.15, -0.1) is 0 Å². The Kier molecular flexibility index (Phi) is 4.50. The first-order chi connectivity index (χ1) is 11.9. The van der Waals surface area contributed by atoms with Gasteiger partial charge in [-0.3, -0.25) is 10.1 Å². The second-order valence-corrected chi connectivity index (χ2v) is 5.90. The summed E-state index contributed by atoms with van der Waals surface area (Å²) in [6.07, 6.45) is 0. The fourth-order valence-electron chi connectivity index (χ4n) is 2.82. The number of hydrogen-bond donors (Lipinski definition) is 0. The van der Waals surface area contributed by atoms with Crippen LogP contribution in [0.1, 0.15) is 17.0 Å². The van der Waals surface area contributed by atoms with Crippen molar-refractivity contribution in [1.82, 2.24) is 0 Å². The molecule has 1 aliphatic heterocycles. The van der Waals surface area contributed by atoms with Crippen molar-refractivity contribution in [3.63, 3.8) is 0 Å². The van der Waals surface area contributed by atoms with Crippen LogP contribution in [0.2, 0.25) is 5.02 Å². The summed E-state index contributed by atoms with van der Waals surface area (Å²) in [6, 6.07) is 14.2. The third-order valence-electron chi connectivity index (χ3n) is 4.00. The van der Waals surface area contributed by atoms with Gasteiger partial charge in [0.2, 0.25) is 6.54 Å². The molecule has 0 bridgehead atoms. The highest BCUT2D eigenvalue weighted by Gasteiger charge is 2.59. The van der Waals surface area contributed by atoms with Crippen LogP contribution < -0.4 is 0 Å². The van der Waals surface area contributed by atoms with Crippen LogP contribution in [0.5, 0.6) is 0 Å². The van der Waals surface area contributed by atoms with E-state index in [2.05, 4.69) is 9.99 Å². The number of nitrogens with zero attached hydrogens (tertiary/aromatic N) is 2. The maximum absolute atomic E-state index is 16.0. The minimum Gasteiger partial charge on any atom is -0.314 e. The number of rotatable bonds is 5. The third kappa shape index (κ3) is 2.98. The van der Waals surface area contributed by atoms with Crippen molar-refractivity contribution in [3.05, 3.63) is 80.9 Å². The number of oxime groups is 1. The molecule has 2 aromatic rings. The van der Waals surface area contributed by atoms with E-state index in [0.717, 1.165) is 0 Å². The van der Waals surface area contributed by atoms with Gasteiger partial charge in [0.1, 0.15) is 5.71 Å².